The molecule has 1 heterocycles. The van der Waals surface area contributed by atoms with Crippen LogP contribution in [0.1, 0.15) is 20.8 Å². The Balaban J connectivity index is 0.00000324. The molecule has 1 rings (SSSR count). The summed E-state index contributed by atoms with van der Waals surface area (Å²) in [5.41, 5.74) is 0. The van der Waals surface area contributed by atoms with Crippen molar-refractivity contribution < 1.29 is 9.59 Å². The highest BCUT2D eigenvalue weighted by Gasteiger charge is 2.27. The first kappa shape index (κ1) is 17.9. The van der Waals surface area contributed by atoms with E-state index in [1.807, 2.05) is 20.8 Å². The van der Waals surface area contributed by atoms with Crippen molar-refractivity contribution in [2.45, 2.75) is 26.8 Å². The molecule has 3 amide bonds. The van der Waals surface area contributed by atoms with E-state index >= 15 is 0 Å². The Morgan fingerprint density at radius 2 is 2.16 bits per heavy atom. The second-order valence-electron chi connectivity index (χ2n) is 4.26. The third-order valence-corrected chi connectivity index (χ3v) is 2.30. The van der Waals surface area contributed by atoms with E-state index in [1.54, 1.807) is 0 Å². The van der Waals surface area contributed by atoms with E-state index < -0.39 is 0 Å². The second-order valence-corrected chi connectivity index (χ2v) is 4.26. The molecule has 1 aliphatic rings. The lowest BCUT2D eigenvalue weighted by atomic mass is 10.4. The Morgan fingerprint density at radius 1 is 1.47 bits per heavy atom. The maximum absolute atomic E-state index is 11.3. The molecule has 110 valence electrons. The minimum absolute atomic E-state index is 0. The quantitative estimate of drug-likeness (QED) is 0.273. The number of amides is 3. The summed E-state index contributed by atoms with van der Waals surface area (Å²) in [6.07, 6.45) is 0. The molecule has 0 saturated carbocycles. The van der Waals surface area contributed by atoms with E-state index in [-0.39, 0.29) is 48.5 Å². The van der Waals surface area contributed by atoms with Gasteiger partial charge in [0.1, 0.15) is 0 Å². The third kappa shape index (κ3) is 6.08. The zero-order chi connectivity index (χ0) is 13.5. The summed E-state index contributed by atoms with van der Waals surface area (Å²) >= 11 is 0. The first-order valence-electron chi connectivity index (χ1n) is 6.17. The van der Waals surface area contributed by atoms with Gasteiger partial charge in [-0.3, -0.25) is 14.7 Å². The maximum atomic E-state index is 11.3. The number of nitrogens with one attached hydrogen (secondary N) is 3. The molecule has 0 bridgehead atoms. The van der Waals surface area contributed by atoms with Gasteiger partial charge in [-0.25, -0.2) is 4.79 Å². The largest absolute Gasteiger partial charge is 0.357 e. The lowest BCUT2D eigenvalue weighted by Crippen LogP contribution is -2.41. The minimum atomic E-state index is -0.336. The monoisotopic (exact) mass is 383 g/mol. The molecule has 19 heavy (non-hydrogen) atoms. The summed E-state index contributed by atoms with van der Waals surface area (Å²) in [5, 5.41) is 8.73. The van der Waals surface area contributed by atoms with Gasteiger partial charge in [-0.1, -0.05) is 0 Å². The number of urea groups is 1. The molecule has 3 N–H and O–H groups in total. The summed E-state index contributed by atoms with van der Waals surface area (Å²) in [6.45, 7) is 7.57. The summed E-state index contributed by atoms with van der Waals surface area (Å²) < 4.78 is 0. The Hall–Kier alpha value is -1.06. The van der Waals surface area contributed by atoms with Crippen LogP contribution >= 0.6 is 24.0 Å². The fourth-order valence-electron chi connectivity index (χ4n) is 1.54. The van der Waals surface area contributed by atoms with Crippen LogP contribution in [0.15, 0.2) is 4.99 Å². The van der Waals surface area contributed by atoms with Crippen molar-refractivity contribution in [3.05, 3.63) is 0 Å². The molecule has 0 atom stereocenters. The van der Waals surface area contributed by atoms with Crippen LogP contribution in [0.3, 0.4) is 0 Å². The molecule has 1 saturated heterocycles. The van der Waals surface area contributed by atoms with E-state index in [1.165, 1.54) is 4.90 Å². The number of carbonyl (C=O) groups excluding carboxylic acids is 2. The topological polar surface area (TPSA) is 85.8 Å². The first-order chi connectivity index (χ1) is 8.54. The van der Waals surface area contributed by atoms with Crippen molar-refractivity contribution >= 4 is 41.9 Å². The molecule has 0 aromatic heterocycles. The van der Waals surface area contributed by atoms with Crippen molar-refractivity contribution in [2.24, 2.45) is 4.99 Å². The van der Waals surface area contributed by atoms with Crippen LogP contribution in [0.25, 0.3) is 0 Å². The zero-order valence-electron chi connectivity index (χ0n) is 11.5. The Labute approximate surface area is 130 Å². The van der Waals surface area contributed by atoms with Gasteiger partial charge in [-0.15, -0.1) is 24.0 Å². The van der Waals surface area contributed by atoms with Gasteiger partial charge in [0.25, 0.3) is 0 Å². The molecule has 1 aliphatic heterocycles. The third-order valence-electron chi connectivity index (χ3n) is 2.30. The molecule has 0 radical (unpaired) electrons. The number of aliphatic imine (C=N–C) groups is 1. The fraction of sp³-hybridized carbons (Fsp3) is 0.727. The number of hydrogen-bond acceptors (Lipinski definition) is 3. The van der Waals surface area contributed by atoms with Gasteiger partial charge in [-0.05, 0) is 20.8 Å². The number of halogens is 1. The van der Waals surface area contributed by atoms with E-state index in [0.717, 1.165) is 6.54 Å². The molecule has 8 heteroatoms. The lowest BCUT2D eigenvalue weighted by Gasteiger charge is -2.15. The smallest absolute Gasteiger partial charge is 0.324 e. The van der Waals surface area contributed by atoms with E-state index in [9.17, 15) is 9.59 Å². The summed E-state index contributed by atoms with van der Waals surface area (Å²) in [4.78, 5) is 28.1. The van der Waals surface area contributed by atoms with Crippen LogP contribution in [-0.2, 0) is 4.79 Å². The van der Waals surface area contributed by atoms with Crippen molar-refractivity contribution in [3.8, 4) is 0 Å². The van der Waals surface area contributed by atoms with Crippen molar-refractivity contribution in [2.75, 3.05) is 26.2 Å². The minimum Gasteiger partial charge on any atom is -0.357 e. The molecule has 0 unspecified atom stereocenters. The van der Waals surface area contributed by atoms with E-state index in [0.29, 0.717) is 19.0 Å². The van der Waals surface area contributed by atoms with Crippen molar-refractivity contribution in [1.82, 2.24) is 20.9 Å². The molecule has 7 nitrogen and oxygen atoms in total. The van der Waals surface area contributed by atoms with Crippen LogP contribution in [0.4, 0.5) is 4.79 Å². The summed E-state index contributed by atoms with van der Waals surface area (Å²) in [6, 6.07) is -0.0588. The van der Waals surface area contributed by atoms with Crippen LogP contribution in [-0.4, -0.2) is 55.0 Å². The second kappa shape index (κ2) is 8.94. The van der Waals surface area contributed by atoms with Gasteiger partial charge >= 0.3 is 6.03 Å². The number of hydrogen-bond donors (Lipinski definition) is 3. The Kier molecular flexibility index (Phi) is 8.44. The Bertz CT molecular complexity index is 330. The van der Waals surface area contributed by atoms with Crippen LogP contribution in [0.5, 0.6) is 0 Å². The number of nitrogens with zero attached hydrogens (tertiary/aromatic N) is 2. The number of carbonyl (C=O) groups is 2. The highest BCUT2D eigenvalue weighted by atomic mass is 127. The number of guanidine groups is 1. The highest BCUT2D eigenvalue weighted by molar-refractivity contribution is 14.0. The molecule has 0 aromatic rings. The van der Waals surface area contributed by atoms with Crippen LogP contribution in [0.2, 0.25) is 0 Å². The average Bonchev–Trinajstić information content (AvgIpc) is 2.60. The normalized spacial score (nSPS) is 15.4. The van der Waals surface area contributed by atoms with E-state index in [4.69, 9.17) is 0 Å². The molecular formula is C11H22IN5O2. The molecule has 1 fully saturated rings. The molecule has 0 aliphatic carbocycles. The first-order valence-corrected chi connectivity index (χ1v) is 6.17. The predicted molar refractivity (Wildman–Crippen MR) is 84.8 cm³/mol. The highest BCUT2D eigenvalue weighted by Crippen LogP contribution is 1.97. The Morgan fingerprint density at radius 3 is 2.63 bits per heavy atom. The van der Waals surface area contributed by atoms with Gasteiger partial charge < -0.3 is 16.0 Å². The van der Waals surface area contributed by atoms with Gasteiger partial charge in [0.2, 0.25) is 5.91 Å². The van der Waals surface area contributed by atoms with Crippen molar-refractivity contribution in [1.29, 1.82) is 0 Å². The van der Waals surface area contributed by atoms with Gasteiger partial charge in [0.15, 0.2) is 5.96 Å². The lowest BCUT2D eigenvalue weighted by molar-refractivity contribution is -0.124. The molecular weight excluding hydrogens is 361 g/mol. The fourth-order valence-corrected chi connectivity index (χ4v) is 1.54. The van der Waals surface area contributed by atoms with E-state index in [2.05, 4.69) is 20.9 Å². The summed E-state index contributed by atoms with van der Waals surface area (Å²) in [5.74, 6) is 0.497. The number of rotatable bonds is 5. The average molecular weight is 383 g/mol. The van der Waals surface area contributed by atoms with Crippen molar-refractivity contribution in [3.63, 3.8) is 0 Å². The molecule has 0 aromatic carbocycles. The van der Waals surface area contributed by atoms with Gasteiger partial charge in [0.05, 0.1) is 19.6 Å². The number of imide groups is 1. The molecule has 0 spiro atoms. The zero-order valence-corrected chi connectivity index (χ0v) is 13.9. The standard InChI is InChI=1S/C11H21N5O2.HI/c1-4-12-10(15-8(2)3)13-5-6-16-9(17)7-14-11(16)18;/h8H,4-7H2,1-3H3,(H,14,18)(H2,12,13,15);1H. The van der Waals surface area contributed by atoms with Crippen LogP contribution in [0, 0.1) is 0 Å². The predicted octanol–water partition coefficient (Wildman–Crippen LogP) is 0.120. The van der Waals surface area contributed by atoms with Crippen LogP contribution < -0.4 is 16.0 Å². The maximum Gasteiger partial charge on any atom is 0.324 e. The van der Waals surface area contributed by atoms with Gasteiger partial charge in [0, 0.05) is 12.6 Å². The summed E-state index contributed by atoms with van der Waals surface area (Å²) in [7, 11) is 0. The van der Waals surface area contributed by atoms with Gasteiger partial charge in [-0.2, -0.15) is 0 Å². The SMILES string of the molecule is CCNC(=NCCN1C(=O)CNC1=O)NC(C)C.I.